The lowest BCUT2D eigenvalue weighted by Gasteiger charge is -2.04. The van der Waals surface area contributed by atoms with Crippen molar-refractivity contribution in [1.82, 2.24) is 25.3 Å². The lowest BCUT2D eigenvalue weighted by atomic mass is 10.1. The average molecular weight is 375 g/mol. The largest absolute Gasteiger partial charge is 0.395 e. The first kappa shape index (κ1) is 17.6. The van der Waals surface area contributed by atoms with Gasteiger partial charge in [-0.1, -0.05) is 23.4 Å². The first-order valence-electron chi connectivity index (χ1n) is 8.70. The number of hydrogen-bond donors (Lipinski definition) is 3. The van der Waals surface area contributed by atoms with E-state index in [1.165, 1.54) is 0 Å². The lowest BCUT2D eigenvalue weighted by Crippen LogP contribution is -2.26. The molecule has 4 aromatic rings. The second-order valence-corrected chi connectivity index (χ2v) is 6.17. The van der Waals surface area contributed by atoms with Crippen molar-refractivity contribution in [3.05, 3.63) is 76.7 Å². The highest BCUT2D eigenvalue weighted by atomic mass is 16.3. The van der Waals surface area contributed by atoms with Crippen molar-refractivity contribution >= 4 is 16.8 Å². The molecule has 2 heterocycles. The third-order valence-corrected chi connectivity index (χ3v) is 4.31. The maximum atomic E-state index is 12.4. The molecule has 2 aromatic carbocycles. The number of aromatic nitrogens is 4. The van der Waals surface area contributed by atoms with Crippen molar-refractivity contribution in [3.8, 4) is 16.9 Å². The minimum Gasteiger partial charge on any atom is -0.395 e. The molecule has 8 heteroatoms. The number of carbonyl (C=O) groups is 1. The number of carbonyl (C=O) groups excluding carboxylic acids is 1. The molecule has 1 amide bonds. The van der Waals surface area contributed by atoms with Gasteiger partial charge in [-0.2, -0.15) is 0 Å². The van der Waals surface area contributed by atoms with Crippen LogP contribution in [0.2, 0.25) is 0 Å². The van der Waals surface area contributed by atoms with E-state index in [9.17, 15) is 9.59 Å². The highest BCUT2D eigenvalue weighted by Gasteiger charge is 2.11. The van der Waals surface area contributed by atoms with Crippen LogP contribution in [0.5, 0.6) is 0 Å². The Labute approximate surface area is 159 Å². The van der Waals surface area contributed by atoms with Crippen molar-refractivity contribution in [1.29, 1.82) is 0 Å². The van der Waals surface area contributed by atoms with Gasteiger partial charge in [0.15, 0.2) is 0 Å². The summed E-state index contributed by atoms with van der Waals surface area (Å²) in [5, 5.41) is 20.5. The van der Waals surface area contributed by atoms with E-state index in [1.807, 2.05) is 24.3 Å². The molecule has 0 aliphatic carbocycles. The number of rotatable bonds is 5. The number of nitrogens with one attached hydrogen (secondary N) is 2. The zero-order chi connectivity index (χ0) is 19.5. The van der Waals surface area contributed by atoms with Crippen LogP contribution in [0.15, 0.2) is 65.6 Å². The van der Waals surface area contributed by atoms with Crippen LogP contribution in [0, 0.1) is 0 Å². The van der Waals surface area contributed by atoms with Crippen LogP contribution in [-0.2, 0) is 0 Å². The van der Waals surface area contributed by atoms with Gasteiger partial charge < -0.3 is 15.4 Å². The summed E-state index contributed by atoms with van der Waals surface area (Å²) in [6.45, 7) is 0.0901. The summed E-state index contributed by atoms with van der Waals surface area (Å²) in [4.78, 5) is 27.1. The fraction of sp³-hybridized carbons (Fsp3) is 0.100. The molecule has 0 aliphatic heterocycles. The second kappa shape index (κ2) is 7.45. The molecule has 4 rings (SSSR count). The minimum absolute atomic E-state index is 0.112. The van der Waals surface area contributed by atoms with Crippen LogP contribution >= 0.6 is 0 Å². The molecule has 0 fully saturated rings. The number of pyridine rings is 1. The van der Waals surface area contributed by atoms with Crippen molar-refractivity contribution in [2.24, 2.45) is 0 Å². The zero-order valence-electron chi connectivity index (χ0n) is 14.8. The minimum atomic E-state index is -0.262. The first-order valence-corrected chi connectivity index (χ1v) is 8.70. The number of H-pyrrole nitrogens is 1. The van der Waals surface area contributed by atoms with Crippen molar-refractivity contribution < 1.29 is 9.90 Å². The van der Waals surface area contributed by atoms with Gasteiger partial charge in [0.1, 0.15) is 5.69 Å². The highest BCUT2D eigenvalue weighted by molar-refractivity contribution is 5.94. The van der Waals surface area contributed by atoms with Crippen molar-refractivity contribution in [2.75, 3.05) is 13.2 Å². The molecule has 0 saturated heterocycles. The van der Waals surface area contributed by atoms with E-state index in [0.717, 1.165) is 10.9 Å². The van der Waals surface area contributed by atoms with Gasteiger partial charge in [-0.3, -0.25) is 9.59 Å². The average Bonchev–Trinajstić information content (AvgIpc) is 3.21. The van der Waals surface area contributed by atoms with E-state index >= 15 is 0 Å². The van der Waals surface area contributed by atoms with Crippen LogP contribution in [0.25, 0.3) is 27.8 Å². The van der Waals surface area contributed by atoms with E-state index in [1.54, 1.807) is 41.2 Å². The van der Waals surface area contributed by atoms with Gasteiger partial charge in [0.05, 0.1) is 24.1 Å². The standard InChI is InChI=1S/C20H17N5O3/c26-10-9-21-19(27)13-5-7-15(8-6-13)25-12-18(23-24-25)16-11-14-3-1-2-4-17(14)22-20(16)28/h1-8,11-12,26H,9-10H2,(H,21,27)(H,22,28). The van der Waals surface area contributed by atoms with E-state index in [-0.39, 0.29) is 24.6 Å². The number of aliphatic hydroxyl groups is 1. The summed E-state index contributed by atoms with van der Waals surface area (Å²) in [6, 6.07) is 16.1. The molecule has 0 bridgehead atoms. The van der Waals surface area contributed by atoms with E-state index in [0.29, 0.717) is 22.5 Å². The normalized spacial score (nSPS) is 10.9. The Bertz CT molecular complexity index is 1190. The van der Waals surface area contributed by atoms with Gasteiger partial charge in [-0.25, -0.2) is 4.68 Å². The molecule has 8 nitrogen and oxygen atoms in total. The third-order valence-electron chi connectivity index (χ3n) is 4.31. The third kappa shape index (κ3) is 3.40. The number of hydrogen-bond acceptors (Lipinski definition) is 5. The number of amides is 1. The maximum Gasteiger partial charge on any atom is 0.258 e. The summed E-state index contributed by atoms with van der Waals surface area (Å²) < 4.78 is 1.54. The second-order valence-electron chi connectivity index (χ2n) is 6.17. The van der Waals surface area contributed by atoms with Crippen LogP contribution in [-0.4, -0.2) is 44.1 Å². The Morgan fingerprint density at radius 2 is 1.93 bits per heavy atom. The van der Waals surface area contributed by atoms with Crippen LogP contribution < -0.4 is 10.9 Å². The summed E-state index contributed by atoms with van der Waals surface area (Å²) in [5.41, 5.74) is 2.60. The number of aromatic amines is 1. The van der Waals surface area contributed by atoms with Crippen LogP contribution in [0.1, 0.15) is 10.4 Å². The number of aliphatic hydroxyl groups excluding tert-OH is 1. The van der Waals surface area contributed by atoms with Gasteiger partial charge in [0.2, 0.25) is 0 Å². The number of nitrogens with zero attached hydrogens (tertiary/aromatic N) is 3. The summed E-state index contributed by atoms with van der Waals surface area (Å²) in [7, 11) is 0. The monoisotopic (exact) mass is 375 g/mol. The maximum absolute atomic E-state index is 12.4. The number of fused-ring (bicyclic) bond motifs is 1. The molecule has 0 aliphatic rings. The van der Waals surface area contributed by atoms with Gasteiger partial charge in [0.25, 0.3) is 11.5 Å². The van der Waals surface area contributed by atoms with Crippen LogP contribution in [0.3, 0.4) is 0 Å². The summed E-state index contributed by atoms with van der Waals surface area (Å²) >= 11 is 0. The number of benzene rings is 2. The smallest absolute Gasteiger partial charge is 0.258 e. The molecule has 0 saturated carbocycles. The molecule has 2 aromatic heterocycles. The van der Waals surface area contributed by atoms with Crippen molar-refractivity contribution in [3.63, 3.8) is 0 Å². The molecule has 0 atom stereocenters. The highest BCUT2D eigenvalue weighted by Crippen LogP contribution is 2.18. The van der Waals surface area contributed by atoms with Gasteiger partial charge in [0, 0.05) is 17.6 Å². The molecule has 140 valence electrons. The predicted octanol–water partition coefficient (Wildman–Crippen LogP) is 1.50. The SMILES string of the molecule is O=C(NCCO)c1ccc(-n2cc(-c3cc4ccccc4[nH]c3=O)nn2)cc1. The Morgan fingerprint density at radius 1 is 1.14 bits per heavy atom. The Balaban J connectivity index is 1.62. The summed E-state index contributed by atoms with van der Waals surface area (Å²) in [5.74, 6) is -0.262. The molecule has 28 heavy (non-hydrogen) atoms. The van der Waals surface area contributed by atoms with Gasteiger partial charge in [-0.05, 0) is 41.8 Å². The lowest BCUT2D eigenvalue weighted by molar-refractivity contribution is 0.0945. The number of para-hydroxylation sites is 1. The molecule has 3 N–H and O–H groups in total. The zero-order valence-corrected chi connectivity index (χ0v) is 14.8. The molecule has 0 radical (unpaired) electrons. The van der Waals surface area contributed by atoms with Gasteiger partial charge >= 0.3 is 0 Å². The van der Waals surface area contributed by atoms with E-state index < -0.39 is 0 Å². The molecule has 0 unspecified atom stereocenters. The summed E-state index contributed by atoms with van der Waals surface area (Å²) in [6.07, 6.45) is 1.67. The van der Waals surface area contributed by atoms with E-state index in [2.05, 4.69) is 20.6 Å². The quantitative estimate of drug-likeness (QED) is 0.489. The first-order chi connectivity index (χ1) is 13.7. The fourth-order valence-electron chi connectivity index (χ4n) is 2.89. The Kier molecular flexibility index (Phi) is 4.69. The van der Waals surface area contributed by atoms with Crippen LogP contribution in [0.4, 0.5) is 0 Å². The molecular formula is C20H17N5O3. The Morgan fingerprint density at radius 3 is 2.71 bits per heavy atom. The topological polar surface area (TPSA) is 113 Å². The van der Waals surface area contributed by atoms with Gasteiger partial charge in [-0.15, -0.1) is 5.10 Å². The van der Waals surface area contributed by atoms with E-state index in [4.69, 9.17) is 5.11 Å². The molecular weight excluding hydrogens is 358 g/mol. The van der Waals surface area contributed by atoms with Crippen molar-refractivity contribution in [2.45, 2.75) is 0 Å². The fourth-order valence-corrected chi connectivity index (χ4v) is 2.89. The molecule has 0 spiro atoms. The Hall–Kier alpha value is -3.78. The predicted molar refractivity (Wildman–Crippen MR) is 104 cm³/mol.